The van der Waals surface area contributed by atoms with E-state index >= 15 is 0 Å². The standard InChI is InChI=1S/C18H33N3O5/c1-5-6-7-9-13(12-15(22)20-25)16(23)21-14(10-8-11-19-21)17(24)26-18(2,3)4/h13-14,19,25H,5-12H2,1-4H3,(H,20,22)/t13-,14+/m1/s1. The number of nitrogens with zero attached hydrogens (tertiary/aromatic N) is 1. The Hall–Kier alpha value is -1.67. The van der Waals surface area contributed by atoms with Gasteiger partial charge in [-0.2, -0.15) is 0 Å². The van der Waals surface area contributed by atoms with Gasteiger partial charge in [-0.05, 0) is 40.0 Å². The summed E-state index contributed by atoms with van der Waals surface area (Å²) < 4.78 is 5.45. The summed E-state index contributed by atoms with van der Waals surface area (Å²) in [6.45, 7) is 7.99. The van der Waals surface area contributed by atoms with Crippen molar-refractivity contribution in [3.8, 4) is 0 Å². The summed E-state index contributed by atoms with van der Waals surface area (Å²) in [7, 11) is 0. The van der Waals surface area contributed by atoms with Crippen molar-refractivity contribution in [2.75, 3.05) is 6.54 Å². The number of amides is 2. The van der Waals surface area contributed by atoms with Gasteiger partial charge in [0.25, 0.3) is 0 Å². The maximum atomic E-state index is 13.0. The highest BCUT2D eigenvalue weighted by atomic mass is 16.6. The Balaban J connectivity index is 2.89. The molecule has 26 heavy (non-hydrogen) atoms. The van der Waals surface area contributed by atoms with Gasteiger partial charge in [0.1, 0.15) is 11.6 Å². The topological polar surface area (TPSA) is 108 Å². The molecule has 8 heteroatoms. The zero-order valence-corrected chi connectivity index (χ0v) is 16.3. The molecule has 0 radical (unpaired) electrons. The normalized spacial score (nSPS) is 19.0. The highest BCUT2D eigenvalue weighted by Gasteiger charge is 2.38. The van der Waals surface area contributed by atoms with Gasteiger partial charge in [0, 0.05) is 18.9 Å². The number of ether oxygens (including phenoxy) is 1. The molecule has 1 saturated heterocycles. The van der Waals surface area contributed by atoms with Gasteiger partial charge >= 0.3 is 5.97 Å². The third-order valence-corrected chi connectivity index (χ3v) is 4.23. The van der Waals surface area contributed by atoms with Crippen molar-refractivity contribution in [2.45, 2.75) is 84.3 Å². The lowest BCUT2D eigenvalue weighted by Gasteiger charge is -2.37. The molecule has 150 valence electrons. The number of rotatable bonds is 8. The second-order valence-electron chi connectivity index (χ2n) is 7.74. The zero-order chi connectivity index (χ0) is 19.7. The largest absolute Gasteiger partial charge is 0.458 e. The number of carbonyl (C=O) groups is 3. The number of hydrazine groups is 1. The lowest BCUT2D eigenvalue weighted by Crippen LogP contribution is -2.59. The highest BCUT2D eigenvalue weighted by Crippen LogP contribution is 2.22. The highest BCUT2D eigenvalue weighted by molar-refractivity contribution is 5.88. The van der Waals surface area contributed by atoms with Crippen LogP contribution in [0.4, 0.5) is 0 Å². The van der Waals surface area contributed by atoms with E-state index in [-0.39, 0.29) is 12.3 Å². The maximum Gasteiger partial charge on any atom is 0.331 e. The minimum absolute atomic E-state index is 0.113. The minimum atomic E-state index is -0.707. The van der Waals surface area contributed by atoms with E-state index in [2.05, 4.69) is 12.3 Å². The molecule has 0 spiro atoms. The Morgan fingerprint density at radius 2 is 2.00 bits per heavy atom. The second-order valence-corrected chi connectivity index (χ2v) is 7.74. The molecule has 0 bridgehead atoms. The summed E-state index contributed by atoms with van der Waals surface area (Å²) in [4.78, 5) is 37.1. The second kappa shape index (κ2) is 10.5. The van der Waals surface area contributed by atoms with Gasteiger partial charge in [0.05, 0.1) is 0 Å². The van der Waals surface area contributed by atoms with E-state index < -0.39 is 29.4 Å². The van der Waals surface area contributed by atoms with Crippen LogP contribution in [-0.2, 0) is 19.1 Å². The van der Waals surface area contributed by atoms with Crippen molar-refractivity contribution in [1.29, 1.82) is 0 Å². The predicted molar refractivity (Wildman–Crippen MR) is 95.9 cm³/mol. The average molecular weight is 371 g/mol. The lowest BCUT2D eigenvalue weighted by molar-refractivity contribution is -0.170. The molecule has 0 saturated carbocycles. The van der Waals surface area contributed by atoms with Crippen molar-refractivity contribution in [3.05, 3.63) is 0 Å². The quantitative estimate of drug-likeness (QED) is 0.260. The van der Waals surface area contributed by atoms with Crippen molar-refractivity contribution in [3.63, 3.8) is 0 Å². The van der Waals surface area contributed by atoms with E-state index in [9.17, 15) is 14.4 Å². The molecule has 0 unspecified atom stereocenters. The first-order valence-electron chi connectivity index (χ1n) is 9.42. The molecule has 3 N–H and O–H groups in total. The van der Waals surface area contributed by atoms with Crippen molar-refractivity contribution < 1.29 is 24.3 Å². The first-order chi connectivity index (χ1) is 12.2. The molecular formula is C18H33N3O5. The molecule has 2 atom stereocenters. The van der Waals surface area contributed by atoms with Crippen LogP contribution in [0.2, 0.25) is 0 Å². The van der Waals surface area contributed by atoms with Crippen LogP contribution >= 0.6 is 0 Å². The van der Waals surface area contributed by atoms with Crippen LogP contribution in [0, 0.1) is 5.92 Å². The molecule has 1 aliphatic rings. The van der Waals surface area contributed by atoms with Crippen molar-refractivity contribution >= 4 is 17.8 Å². The molecule has 1 aliphatic heterocycles. The third-order valence-electron chi connectivity index (χ3n) is 4.23. The van der Waals surface area contributed by atoms with E-state index in [0.29, 0.717) is 19.4 Å². The van der Waals surface area contributed by atoms with Crippen LogP contribution in [0.15, 0.2) is 0 Å². The van der Waals surface area contributed by atoms with Gasteiger partial charge in [-0.1, -0.05) is 26.2 Å². The summed E-state index contributed by atoms with van der Waals surface area (Å²) in [6.07, 6.45) is 4.43. The summed E-state index contributed by atoms with van der Waals surface area (Å²) in [5, 5.41) is 10.1. The van der Waals surface area contributed by atoms with Gasteiger partial charge in [0.2, 0.25) is 11.8 Å². The third kappa shape index (κ3) is 7.29. The number of hydrogen-bond donors (Lipinski definition) is 3. The monoisotopic (exact) mass is 371 g/mol. The minimum Gasteiger partial charge on any atom is -0.458 e. The van der Waals surface area contributed by atoms with Crippen LogP contribution in [0.3, 0.4) is 0 Å². The number of carbonyl (C=O) groups excluding carboxylic acids is 3. The fourth-order valence-electron chi connectivity index (χ4n) is 2.98. The molecular weight excluding hydrogens is 338 g/mol. The van der Waals surface area contributed by atoms with E-state index in [1.165, 1.54) is 5.01 Å². The van der Waals surface area contributed by atoms with Gasteiger partial charge < -0.3 is 4.74 Å². The maximum absolute atomic E-state index is 13.0. The fraction of sp³-hybridized carbons (Fsp3) is 0.833. The lowest BCUT2D eigenvalue weighted by atomic mass is 9.95. The van der Waals surface area contributed by atoms with E-state index in [1.54, 1.807) is 26.3 Å². The number of nitrogens with one attached hydrogen (secondary N) is 2. The van der Waals surface area contributed by atoms with Crippen LogP contribution in [-0.4, -0.2) is 46.2 Å². The van der Waals surface area contributed by atoms with Gasteiger partial charge in [-0.3, -0.25) is 19.8 Å². The summed E-state index contributed by atoms with van der Waals surface area (Å²) in [5.41, 5.74) is 3.94. The summed E-state index contributed by atoms with van der Waals surface area (Å²) in [6, 6.07) is -0.707. The van der Waals surface area contributed by atoms with Crippen LogP contribution < -0.4 is 10.9 Å². The summed E-state index contributed by atoms with van der Waals surface area (Å²) >= 11 is 0. The Morgan fingerprint density at radius 1 is 1.31 bits per heavy atom. The molecule has 1 rings (SSSR count). The van der Waals surface area contributed by atoms with Crippen LogP contribution in [0.25, 0.3) is 0 Å². The Labute approximate surface area is 155 Å². The smallest absolute Gasteiger partial charge is 0.331 e. The first-order valence-corrected chi connectivity index (χ1v) is 9.42. The average Bonchev–Trinajstić information content (AvgIpc) is 2.58. The van der Waals surface area contributed by atoms with E-state index in [0.717, 1.165) is 25.7 Å². The number of esters is 1. The van der Waals surface area contributed by atoms with E-state index in [1.807, 2.05) is 0 Å². The molecule has 1 fully saturated rings. The van der Waals surface area contributed by atoms with E-state index in [4.69, 9.17) is 9.94 Å². The van der Waals surface area contributed by atoms with Crippen molar-refractivity contribution in [2.24, 2.45) is 5.92 Å². The first kappa shape index (κ1) is 22.4. The Morgan fingerprint density at radius 3 is 2.58 bits per heavy atom. The zero-order valence-electron chi connectivity index (χ0n) is 16.3. The number of unbranched alkanes of at least 4 members (excludes halogenated alkanes) is 2. The predicted octanol–water partition coefficient (Wildman–Crippen LogP) is 1.92. The molecule has 0 aliphatic carbocycles. The summed E-state index contributed by atoms with van der Waals surface area (Å²) in [5.74, 6) is -1.95. The fourth-order valence-corrected chi connectivity index (χ4v) is 2.98. The number of hydroxylamine groups is 1. The SMILES string of the molecule is CCCCC[C@H](CC(=O)NO)C(=O)N1NCCC[C@H]1C(=O)OC(C)(C)C. The molecule has 0 aromatic carbocycles. The van der Waals surface area contributed by atoms with Crippen LogP contribution in [0.1, 0.15) is 72.6 Å². The van der Waals surface area contributed by atoms with Gasteiger partial charge in [-0.25, -0.2) is 15.7 Å². The molecule has 2 amide bonds. The number of hydrogen-bond acceptors (Lipinski definition) is 6. The Kier molecular flexibility index (Phi) is 9.01. The molecule has 0 aromatic heterocycles. The Bertz CT molecular complexity index is 490. The van der Waals surface area contributed by atoms with Crippen LogP contribution in [0.5, 0.6) is 0 Å². The van der Waals surface area contributed by atoms with Crippen molar-refractivity contribution in [1.82, 2.24) is 15.9 Å². The molecule has 0 aromatic rings. The molecule has 8 nitrogen and oxygen atoms in total. The van der Waals surface area contributed by atoms with Gasteiger partial charge in [-0.15, -0.1) is 0 Å². The van der Waals surface area contributed by atoms with Gasteiger partial charge in [0.15, 0.2) is 0 Å². The molecule has 1 heterocycles.